The smallest absolute Gasteiger partial charge is 0.176 e. The van der Waals surface area contributed by atoms with E-state index in [4.69, 9.17) is 9.57 Å². The van der Waals surface area contributed by atoms with E-state index in [0.717, 1.165) is 19.4 Å². The Kier molecular flexibility index (Phi) is 8.88. The van der Waals surface area contributed by atoms with Crippen LogP contribution in [0.2, 0.25) is 0 Å². The molecule has 0 aromatic heterocycles. The molecule has 12 heavy (non-hydrogen) atoms. The first-order valence-corrected chi connectivity index (χ1v) is 4.85. The molecule has 0 rings (SSSR count). The van der Waals surface area contributed by atoms with Crippen LogP contribution in [0.15, 0.2) is 0 Å². The lowest BCUT2D eigenvalue weighted by molar-refractivity contribution is -0.178. The van der Waals surface area contributed by atoms with Gasteiger partial charge in [0.25, 0.3) is 0 Å². The van der Waals surface area contributed by atoms with Crippen molar-refractivity contribution in [2.45, 2.75) is 46.3 Å². The van der Waals surface area contributed by atoms with Crippen LogP contribution in [0, 0.1) is 0 Å². The molecule has 0 spiro atoms. The van der Waals surface area contributed by atoms with Crippen molar-refractivity contribution in [2.75, 3.05) is 13.2 Å². The lowest BCUT2D eigenvalue weighted by Gasteiger charge is -2.15. The monoisotopic (exact) mass is 175 g/mol. The third kappa shape index (κ3) is 6.58. The van der Waals surface area contributed by atoms with Crippen LogP contribution in [-0.4, -0.2) is 19.4 Å². The molecule has 0 fully saturated rings. The zero-order valence-electron chi connectivity index (χ0n) is 8.43. The molecule has 0 aliphatic rings. The van der Waals surface area contributed by atoms with Crippen molar-refractivity contribution >= 4 is 0 Å². The Labute approximate surface area is 75.4 Å². The maximum absolute atomic E-state index is 5.29. The van der Waals surface area contributed by atoms with Gasteiger partial charge < -0.3 is 4.74 Å². The van der Waals surface area contributed by atoms with Gasteiger partial charge in [-0.25, -0.2) is 0 Å². The molecular formula is C9H21NO2. The molecule has 0 aromatic rings. The predicted molar refractivity (Wildman–Crippen MR) is 49.7 cm³/mol. The highest BCUT2D eigenvalue weighted by molar-refractivity contribution is 4.38. The van der Waals surface area contributed by atoms with Gasteiger partial charge in [0.1, 0.15) is 0 Å². The number of hydroxylamine groups is 1. The maximum Gasteiger partial charge on any atom is 0.176 e. The van der Waals surface area contributed by atoms with Crippen LogP contribution in [0.5, 0.6) is 0 Å². The van der Waals surface area contributed by atoms with E-state index < -0.39 is 0 Å². The van der Waals surface area contributed by atoms with Crippen LogP contribution in [0.1, 0.15) is 40.0 Å². The SMILES string of the molecule is CCCCNOC(CC)OCC. The Morgan fingerprint density at radius 2 is 2.00 bits per heavy atom. The molecule has 1 unspecified atom stereocenters. The summed E-state index contributed by atoms with van der Waals surface area (Å²) in [5.74, 6) is 0. The van der Waals surface area contributed by atoms with Gasteiger partial charge in [0.05, 0.1) is 0 Å². The molecule has 0 saturated heterocycles. The maximum atomic E-state index is 5.29. The average molecular weight is 175 g/mol. The Balaban J connectivity index is 3.19. The number of rotatable bonds is 8. The van der Waals surface area contributed by atoms with Crippen molar-refractivity contribution in [3.8, 4) is 0 Å². The van der Waals surface area contributed by atoms with Crippen LogP contribution < -0.4 is 5.48 Å². The highest BCUT2D eigenvalue weighted by Gasteiger charge is 2.03. The van der Waals surface area contributed by atoms with Gasteiger partial charge in [-0.2, -0.15) is 5.48 Å². The molecule has 1 atom stereocenters. The van der Waals surface area contributed by atoms with E-state index in [1.807, 2.05) is 13.8 Å². The fraction of sp³-hybridized carbons (Fsp3) is 1.00. The lowest BCUT2D eigenvalue weighted by Crippen LogP contribution is -2.26. The van der Waals surface area contributed by atoms with Crippen LogP contribution in [-0.2, 0) is 9.57 Å². The van der Waals surface area contributed by atoms with Crippen LogP contribution >= 0.6 is 0 Å². The van der Waals surface area contributed by atoms with E-state index in [-0.39, 0.29) is 6.29 Å². The third-order valence-corrected chi connectivity index (χ3v) is 1.53. The fourth-order valence-electron chi connectivity index (χ4n) is 0.822. The van der Waals surface area contributed by atoms with Crippen LogP contribution in [0.3, 0.4) is 0 Å². The number of nitrogens with one attached hydrogen (secondary N) is 1. The second-order valence-electron chi connectivity index (χ2n) is 2.66. The van der Waals surface area contributed by atoms with Crippen molar-refractivity contribution in [3.05, 3.63) is 0 Å². The molecule has 0 radical (unpaired) electrons. The molecular weight excluding hydrogens is 154 g/mol. The van der Waals surface area contributed by atoms with Gasteiger partial charge in [-0.15, -0.1) is 0 Å². The Morgan fingerprint density at radius 1 is 1.25 bits per heavy atom. The largest absolute Gasteiger partial charge is 0.351 e. The fourth-order valence-corrected chi connectivity index (χ4v) is 0.822. The molecule has 0 aliphatic carbocycles. The summed E-state index contributed by atoms with van der Waals surface area (Å²) in [6.45, 7) is 7.77. The molecule has 0 saturated carbocycles. The number of ether oxygens (including phenoxy) is 1. The first kappa shape index (κ1) is 11.9. The number of hydrogen-bond donors (Lipinski definition) is 1. The Hall–Kier alpha value is -0.120. The molecule has 0 amide bonds. The molecule has 1 N–H and O–H groups in total. The Morgan fingerprint density at radius 3 is 2.50 bits per heavy atom. The molecule has 0 bridgehead atoms. The van der Waals surface area contributed by atoms with Gasteiger partial charge in [-0.1, -0.05) is 20.3 Å². The van der Waals surface area contributed by atoms with Gasteiger partial charge in [-0.05, 0) is 19.8 Å². The van der Waals surface area contributed by atoms with Crippen molar-refractivity contribution in [2.24, 2.45) is 0 Å². The molecule has 3 nitrogen and oxygen atoms in total. The minimum atomic E-state index is -0.0909. The first-order valence-electron chi connectivity index (χ1n) is 4.85. The highest BCUT2D eigenvalue weighted by Crippen LogP contribution is 1.97. The van der Waals surface area contributed by atoms with E-state index in [0.29, 0.717) is 6.61 Å². The minimum absolute atomic E-state index is 0.0909. The summed E-state index contributed by atoms with van der Waals surface area (Å²) in [4.78, 5) is 5.26. The van der Waals surface area contributed by atoms with Crippen molar-refractivity contribution < 1.29 is 9.57 Å². The van der Waals surface area contributed by atoms with Gasteiger partial charge in [0, 0.05) is 13.2 Å². The van der Waals surface area contributed by atoms with Gasteiger partial charge in [0.2, 0.25) is 0 Å². The summed E-state index contributed by atoms with van der Waals surface area (Å²) in [6, 6.07) is 0. The molecule has 0 aliphatic heterocycles. The topological polar surface area (TPSA) is 30.5 Å². The summed E-state index contributed by atoms with van der Waals surface area (Å²) in [5, 5.41) is 0. The van der Waals surface area contributed by atoms with Crippen molar-refractivity contribution in [1.29, 1.82) is 0 Å². The van der Waals surface area contributed by atoms with Crippen molar-refractivity contribution in [3.63, 3.8) is 0 Å². The van der Waals surface area contributed by atoms with E-state index >= 15 is 0 Å². The van der Waals surface area contributed by atoms with E-state index in [1.165, 1.54) is 6.42 Å². The summed E-state index contributed by atoms with van der Waals surface area (Å²) in [6.07, 6.45) is 3.11. The minimum Gasteiger partial charge on any atom is -0.351 e. The van der Waals surface area contributed by atoms with Crippen LogP contribution in [0.25, 0.3) is 0 Å². The quantitative estimate of drug-likeness (QED) is 0.348. The molecule has 3 heteroatoms. The average Bonchev–Trinajstić information content (AvgIpc) is 2.10. The zero-order valence-corrected chi connectivity index (χ0v) is 8.43. The normalized spacial score (nSPS) is 13.2. The Bertz CT molecular complexity index is 88.6. The lowest BCUT2D eigenvalue weighted by atomic mass is 10.3. The third-order valence-electron chi connectivity index (χ3n) is 1.53. The summed E-state index contributed by atoms with van der Waals surface area (Å²) < 4.78 is 5.29. The standard InChI is InChI=1S/C9H21NO2/c1-4-7-8-10-12-9(5-2)11-6-3/h9-10H,4-8H2,1-3H3. The summed E-state index contributed by atoms with van der Waals surface area (Å²) >= 11 is 0. The summed E-state index contributed by atoms with van der Waals surface area (Å²) in [5.41, 5.74) is 2.90. The second kappa shape index (κ2) is 8.97. The zero-order chi connectivity index (χ0) is 9.23. The molecule has 0 heterocycles. The molecule has 0 aromatic carbocycles. The number of hydrogen-bond acceptors (Lipinski definition) is 3. The first-order chi connectivity index (χ1) is 5.85. The van der Waals surface area contributed by atoms with E-state index in [9.17, 15) is 0 Å². The van der Waals surface area contributed by atoms with Gasteiger partial charge >= 0.3 is 0 Å². The second-order valence-corrected chi connectivity index (χ2v) is 2.66. The number of unbranched alkanes of at least 4 members (excludes halogenated alkanes) is 1. The van der Waals surface area contributed by atoms with E-state index in [1.54, 1.807) is 0 Å². The summed E-state index contributed by atoms with van der Waals surface area (Å²) in [7, 11) is 0. The molecule has 74 valence electrons. The predicted octanol–water partition coefficient (Wildman–Crippen LogP) is 2.08. The van der Waals surface area contributed by atoms with E-state index in [2.05, 4.69) is 12.4 Å². The van der Waals surface area contributed by atoms with Crippen molar-refractivity contribution in [1.82, 2.24) is 5.48 Å². The van der Waals surface area contributed by atoms with Gasteiger partial charge in [0.15, 0.2) is 6.29 Å². The highest BCUT2D eigenvalue weighted by atomic mass is 16.8. The van der Waals surface area contributed by atoms with Gasteiger partial charge in [-0.3, -0.25) is 4.84 Å². The van der Waals surface area contributed by atoms with Crippen LogP contribution in [0.4, 0.5) is 0 Å².